The van der Waals surface area contributed by atoms with Gasteiger partial charge in [-0.05, 0) is 36.5 Å². The number of rotatable bonds is 9. The molecule has 34 heavy (non-hydrogen) atoms. The molecule has 1 fully saturated rings. The molecule has 1 saturated carbocycles. The summed E-state index contributed by atoms with van der Waals surface area (Å²) < 4.78 is 1.46. The summed E-state index contributed by atoms with van der Waals surface area (Å²) in [6, 6.07) is 7.23. The molecule has 1 aliphatic carbocycles. The highest BCUT2D eigenvalue weighted by Crippen LogP contribution is 2.38. The first-order chi connectivity index (χ1) is 16.4. The van der Waals surface area contributed by atoms with Crippen molar-refractivity contribution < 1.29 is 14.4 Å². The van der Waals surface area contributed by atoms with Gasteiger partial charge in [0.15, 0.2) is 0 Å². The summed E-state index contributed by atoms with van der Waals surface area (Å²) in [4.78, 5) is 36.4. The number of carbonyl (C=O) groups excluding carboxylic acids is 3. The first kappa shape index (κ1) is 23.4. The van der Waals surface area contributed by atoms with Crippen LogP contribution in [0.3, 0.4) is 0 Å². The van der Waals surface area contributed by atoms with Crippen LogP contribution in [0.25, 0.3) is 0 Å². The molecule has 1 aliphatic heterocycles. The van der Waals surface area contributed by atoms with Gasteiger partial charge >= 0.3 is 0 Å². The number of primary amides is 1. The molecule has 0 bridgehead atoms. The highest BCUT2D eigenvalue weighted by Gasteiger charge is 2.34. The molecule has 1 atom stereocenters. The number of nitrogens with one attached hydrogen (secondary N) is 2. The van der Waals surface area contributed by atoms with E-state index < -0.39 is 17.4 Å². The second-order valence-corrected chi connectivity index (χ2v) is 9.23. The van der Waals surface area contributed by atoms with Gasteiger partial charge in [0, 0.05) is 37.7 Å². The van der Waals surface area contributed by atoms with Gasteiger partial charge in [-0.2, -0.15) is 5.26 Å². The summed E-state index contributed by atoms with van der Waals surface area (Å²) in [6.07, 6.45) is 7.24. The van der Waals surface area contributed by atoms with Crippen molar-refractivity contribution >= 4 is 17.7 Å². The van der Waals surface area contributed by atoms with Gasteiger partial charge in [0.05, 0.1) is 17.2 Å². The Balaban J connectivity index is 1.45. The molecule has 0 spiro atoms. The fourth-order valence-electron chi connectivity index (χ4n) is 4.79. The number of nitriles is 1. The Morgan fingerprint density at radius 1 is 1.29 bits per heavy atom. The lowest BCUT2D eigenvalue weighted by atomic mass is 9.72. The molecular formula is C24H29N7O3. The number of benzene rings is 1. The fraction of sp³-hybridized carbons (Fsp3) is 0.500. The smallest absolute Gasteiger partial charge is 0.251 e. The third-order valence-electron chi connectivity index (χ3n) is 6.74. The van der Waals surface area contributed by atoms with E-state index in [4.69, 9.17) is 5.73 Å². The highest BCUT2D eigenvalue weighted by atomic mass is 16.2. The molecule has 1 aromatic heterocycles. The number of hydrogen-bond acceptors (Lipinski definition) is 6. The second-order valence-electron chi connectivity index (χ2n) is 9.23. The Morgan fingerprint density at radius 2 is 2.09 bits per heavy atom. The molecule has 4 N–H and O–H groups in total. The number of aromatic nitrogens is 3. The van der Waals surface area contributed by atoms with Gasteiger partial charge < -0.3 is 16.4 Å². The van der Waals surface area contributed by atoms with Crippen LogP contribution >= 0.6 is 0 Å². The van der Waals surface area contributed by atoms with E-state index >= 15 is 0 Å². The molecule has 1 aromatic carbocycles. The summed E-state index contributed by atoms with van der Waals surface area (Å²) in [6.45, 7) is 0.739. The molecule has 2 aliphatic rings. The van der Waals surface area contributed by atoms with Crippen molar-refractivity contribution in [3.05, 3.63) is 46.8 Å². The normalized spacial score (nSPS) is 17.3. The third kappa shape index (κ3) is 5.25. The third-order valence-corrected chi connectivity index (χ3v) is 6.74. The van der Waals surface area contributed by atoms with Gasteiger partial charge in [-0.25, -0.2) is 4.68 Å². The largest absolute Gasteiger partial charge is 0.370 e. The number of carbonyl (C=O) groups is 3. The molecule has 4 rings (SSSR count). The van der Waals surface area contributed by atoms with E-state index in [-0.39, 0.29) is 31.2 Å². The van der Waals surface area contributed by atoms with Crippen LogP contribution in [0.4, 0.5) is 0 Å². The second kappa shape index (κ2) is 10.0. The molecule has 10 heteroatoms. The van der Waals surface area contributed by atoms with Crippen LogP contribution in [-0.2, 0) is 29.1 Å². The topological polar surface area (TPSA) is 156 Å². The van der Waals surface area contributed by atoms with Gasteiger partial charge in [0.2, 0.25) is 11.8 Å². The van der Waals surface area contributed by atoms with Gasteiger partial charge in [0.25, 0.3) is 5.91 Å². The quantitative estimate of drug-likeness (QED) is 0.513. The Kier molecular flexibility index (Phi) is 6.91. The summed E-state index contributed by atoms with van der Waals surface area (Å²) in [5.74, 6) is -0.950. The Hall–Kier alpha value is -3.74. The number of fused-ring (bicyclic) bond motifs is 1. The molecule has 10 nitrogen and oxygen atoms in total. The molecule has 1 unspecified atom stereocenters. The van der Waals surface area contributed by atoms with Crippen LogP contribution < -0.4 is 16.4 Å². The minimum Gasteiger partial charge on any atom is -0.370 e. The van der Waals surface area contributed by atoms with Crippen LogP contribution in [0.1, 0.15) is 78.2 Å². The summed E-state index contributed by atoms with van der Waals surface area (Å²) in [5, 5.41) is 23.8. The summed E-state index contributed by atoms with van der Waals surface area (Å²) >= 11 is 0. The summed E-state index contributed by atoms with van der Waals surface area (Å²) in [7, 11) is 0. The van der Waals surface area contributed by atoms with E-state index in [1.165, 1.54) is 4.68 Å². The molecule has 3 amide bonds. The van der Waals surface area contributed by atoms with Crippen LogP contribution in [-0.4, -0.2) is 32.7 Å². The van der Waals surface area contributed by atoms with Crippen molar-refractivity contribution in [2.75, 3.05) is 0 Å². The summed E-state index contributed by atoms with van der Waals surface area (Å²) in [5.41, 5.74) is 7.89. The van der Waals surface area contributed by atoms with Crippen LogP contribution in [0.15, 0.2) is 24.4 Å². The highest BCUT2D eigenvalue weighted by molar-refractivity contribution is 5.98. The standard InChI is InChI=1S/C24H29N7O3/c25-15-24(8-2-1-3-9-24)11-18-14-31(30-29-18)20(6-7-21(26)32)23(34)27-12-16-4-5-17-13-28-22(33)19(17)10-16/h4-5,10,14,20H,1-3,6-9,11-13H2,(H2,26,32)(H,27,34)(H,28,33). The van der Waals surface area contributed by atoms with E-state index in [0.717, 1.165) is 43.2 Å². The van der Waals surface area contributed by atoms with Gasteiger partial charge in [-0.3, -0.25) is 14.4 Å². The molecule has 2 aromatic rings. The Morgan fingerprint density at radius 3 is 2.82 bits per heavy atom. The zero-order valence-corrected chi connectivity index (χ0v) is 19.0. The lowest BCUT2D eigenvalue weighted by Crippen LogP contribution is -2.33. The van der Waals surface area contributed by atoms with Crippen LogP contribution in [0.2, 0.25) is 0 Å². The van der Waals surface area contributed by atoms with Crippen molar-refractivity contribution in [1.82, 2.24) is 25.6 Å². The Bertz CT molecular complexity index is 1130. The fourth-order valence-corrected chi connectivity index (χ4v) is 4.79. The van der Waals surface area contributed by atoms with E-state index in [0.29, 0.717) is 24.2 Å². The molecule has 2 heterocycles. The monoisotopic (exact) mass is 463 g/mol. The SMILES string of the molecule is N#CC1(Cc2cn(C(CCC(N)=O)C(=O)NCc3ccc4c(c3)C(=O)NC4)nn2)CCCCC1. The minimum absolute atomic E-state index is 0.0223. The Labute approximate surface area is 197 Å². The lowest BCUT2D eigenvalue weighted by Gasteiger charge is -2.29. The number of amides is 3. The molecule has 0 radical (unpaired) electrons. The van der Waals surface area contributed by atoms with Crippen LogP contribution in [0.5, 0.6) is 0 Å². The molecular weight excluding hydrogens is 434 g/mol. The van der Waals surface area contributed by atoms with E-state index in [1.807, 2.05) is 12.1 Å². The average molecular weight is 464 g/mol. The average Bonchev–Trinajstić information content (AvgIpc) is 3.44. The van der Waals surface area contributed by atoms with Crippen molar-refractivity contribution in [2.24, 2.45) is 11.1 Å². The molecule has 178 valence electrons. The van der Waals surface area contributed by atoms with Gasteiger partial charge in [-0.1, -0.05) is 36.6 Å². The van der Waals surface area contributed by atoms with Crippen molar-refractivity contribution in [1.29, 1.82) is 5.26 Å². The van der Waals surface area contributed by atoms with Gasteiger partial charge in [-0.15, -0.1) is 5.10 Å². The number of nitrogens with zero attached hydrogens (tertiary/aromatic N) is 4. The first-order valence-electron chi connectivity index (χ1n) is 11.7. The molecule has 0 saturated heterocycles. The van der Waals surface area contributed by atoms with E-state index in [1.54, 1.807) is 12.3 Å². The zero-order chi connectivity index (χ0) is 24.1. The predicted octanol–water partition coefficient (Wildman–Crippen LogP) is 1.66. The van der Waals surface area contributed by atoms with Crippen molar-refractivity contribution in [2.45, 2.75) is 70.5 Å². The zero-order valence-electron chi connectivity index (χ0n) is 19.0. The van der Waals surface area contributed by atoms with Gasteiger partial charge in [0.1, 0.15) is 6.04 Å². The minimum atomic E-state index is -0.768. The maximum atomic E-state index is 13.1. The van der Waals surface area contributed by atoms with Crippen molar-refractivity contribution in [3.63, 3.8) is 0 Å². The number of nitrogens with two attached hydrogens (primary N) is 1. The maximum Gasteiger partial charge on any atom is 0.251 e. The van der Waals surface area contributed by atoms with E-state index in [9.17, 15) is 19.6 Å². The van der Waals surface area contributed by atoms with Crippen molar-refractivity contribution in [3.8, 4) is 6.07 Å². The van der Waals surface area contributed by atoms with E-state index in [2.05, 4.69) is 27.0 Å². The first-order valence-corrected chi connectivity index (χ1v) is 11.7. The lowest BCUT2D eigenvalue weighted by molar-refractivity contribution is -0.125. The maximum absolute atomic E-state index is 13.1. The van der Waals surface area contributed by atoms with Crippen LogP contribution in [0, 0.1) is 16.7 Å². The number of hydrogen-bond donors (Lipinski definition) is 3. The predicted molar refractivity (Wildman–Crippen MR) is 122 cm³/mol.